The van der Waals surface area contributed by atoms with Crippen LogP contribution in [0.1, 0.15) is 37.8 Å². The summed E-state index contributed by atoms with van der Waals surface area (Å²) in [6, 6.07) is 8.00. The predicted molar refractivity (Wildman–Crippen MR) is 140 cm³/mol. The molecule has 2 aromatic carbocycles. The van der Waals surface area contributed by atoms with E-state index in [1.54, 1.807) is 31.2 Å². The molecule has 0 saturated heterocycles. The van der Waals surface area contributed by atoms with Crippen molar-refractivity contribution < 1.29 is 35.9 Å². The average molecular weight is 578 g/mol. The van der Waals surface area contributed by atoms with E-state index in [1.165, 1.54) is 12.0 Å². The Labute approximate surface area is 225 Å². The second-order valence-corrected chi connectivity index (χ2v) is 10.8. The van der Waals surface area contributed by atoms with Crippen molar-refractivity contribution in [2.24, 2.45) is 0 Å². The van der Waals surface area contributed by atoms with Crippen LogP contribution in [-0.4, -0.2) is 57.6 Å². The van der Waals surface area contributed by atoms with Gasteiger partial charge in [-0.15, -0.1) is 0 Å². The molecule has 1 N–H and O–H groups in total. The number of methoxy groups -OCH3 is 1. The Morgan fingerprint density at radius 2 is 1.82 bits per heavy atom. The van der Waals surface area contributed by atoms with Crippen LogP contribution in [0.3, 0.4) is 0 Å². The van der Waals surface area contributed by atoms with E-state index in [9.17, 15) is 31.2 Å². The first-order chi connectivity index (χ1) is 17.7. The van der Waals surface area contributed by atoms with Crippen molar-refractivity contribution in [3.8, 4) is 5.75 Å². The molecule has 0 heterocycles. The molecule has 0 fully saturated rings. The number of hydrogen-bond donors (Lipinski definition) is 1. The average Bonchev–Trinajstić information content (AvgIpc) is 2.85. The van der Waals surface area contributed by atoms with E-state index in [4.69, 9.17) is 16.3 Å². The van der Waals surface area contributed by atoms with E-state index in [2.05, 4.69) is 5.32 Å². The van der Waals surface area contributed by atoms with Gasteiger partial charge in [-0.2, -0.15) is 13.2 Å². The zero-order valence-electron chi connectivity index (χ0n) is 21.5. The Balaban J connectivity index is 2.54. The molecule has 0 spiro atoms. The Morgan fingerprint density at radius 1 is 1.13 bits per heavy atom. The predicted octanol–water partition coefficient (Wildman–Crippen LogP) is 4.47. The van der Waals surface area contributed by atoms with E-state index in [0.717, 1.165) is 12.3 Å². The van der Waals surface area contributed by atoms with Crippen molar-refractivity contribution >= 4 is 39.1 Å². The number of benzene rings is 2. The van der Waals surface area contributed by atoms with Crippen LogP contribution in [0.5, 0.6) is 5.75 Å². The smallest absolute Gasteiger partial charge is 0.416 e. The topological polar surface area (TPSA) is 96.0 Å². The third kappa shape index (κ3) is 8.26. The van der Waals surface area contributed by atoms with E-state index >= 15 is 0 Å². The van der Waals surface area contributed by atoms with Gasteiger partial charge >= 0.3 is 6.18 Å². The summed E-state index contributed by atoms with van der Waals surface area (Å²) in [5, 5.41) is 2.45. The largest absolute Gasteiger partial charge is 0.497 e. The van der Waals surface area contributed by atoms with Gasteiger partial charge in [-0.3, -0.25) is 13.9 Å². The van der Waals surface area contributed by atoms with Gasteiger partial charge in [0.15, 0.2) is 0 Å². The minimum atomic E-state index is -4.77. The van der Waals surface area contributed by atoms with Crippen LogP contribution < -0.4 is 14.4 Å². The number of hydrogen-bond acceptors (Lipinski definition) is 5. The van der Waals surface area contributed by atoms with E-state index < -0.39 is 51.9 Å². The van der Waals surface area contributed by atoms with Crippen LogP contribution in [0.15, 0.2) is 42.5 Å². The number of amides is 2. The number of halogens is 4. The highest BCUT2D eigenvalue weighted by molar-refractivity contribution is 7.92. The second kappa shape index (κ2) is 13.2. The number of rotatable bonds is 12. The second-order valence-electron chi connectivity index (χ2n) is 8.52. The van der Waals surface area contributed by atoms with E-state index in [1.807, 2.05) is 6.92 Å². The van der Waals surface area contributed by atoms with Crippen LogP contribution in [0, 0.1) is 0 Å². The Hall–Kier alpha value is -2.99. The van der Waals surface area contributed by atoms with Gasteiger partial charge in [0.25, 0.3) is 0 Å². The normalized spacial score (nSPS) is 12.5. The summed E-state index contributed by atoms with van der Waals surface area (Å²) >= 11 is 6.09. The highest BCUT2D eigenvalue weighted by Gasteiger charge is 2.35. The first-order valence-electron chi connectivity index (χ1n) is 11.8. The van der Waals surface area contributed by atoms with Crippen LogP contribution in [0.25, 0.3) is 0 Å². The summed E-state index contributed by atoms with van der Waals surface area (Å²) in [4.78, 5) is 27.8. The molecule has 0 unspecified atom stereocenters. The van der Waals surface area contributed by atoms with Crippen molar-refractivity contribution in [2.75, 3.05) is 30.8 Å². The molecule has 38 heavy (non-hydrogen) atoms. The molecule has 13 heteroatoms. The third-order valence-corrected chi connectivity index (χ3v) is 7.09. The third-order valence-electron chi connectivity index (χ3n) is 5.64. The standard InChI is InChI=1S/C25H31ClF3N3O5S/c1-5-12-30-24(34)21(6-2)31(15-17-8-7-9-19(13-17)37-3)23(33)16-32(38(4,35)36)22-14-18(25(27,28)29)10-11-20(22)26/h7-11,13-14,21H,5-6,12,15-16H2,1-4H3,(H,30,34)/t21-/m1/s1. The molecule has 0 aliphatic rings. The van der Waals surface area contributed by atoms with Gasteiger partial charge in [-0.1, -0.05) is 37.6 Å². The lowest BCUT2D eigenvalue weighted by molar-refractivity contribution is -0.140. The molecule has 2 aromatic rings. The Kier molecular flexibility index (Phi) is 10.8. The summed E-state index contributed by atoms with van der Waals surface area (Å²) in [6.07, 6.45) is -3.15. The van der Waals surface area contributed by atoms with Gasteiger partial charge in [0.1, 0.15) is 18.3 Å². The first-order valence-corrected chi connectivity index (χ1v) is 14.0. The Morgan fingerprint density at radius 3 is 2.37 bits per heavy atom. The molecule has 0 radical (unpaired) electrons. The molecular weight excluding hydrogens is 547 g/mol. The van der Waals surface area contributed by atoms with Crippen LogP contribution in [0.2, 0.25) is 5.02 Å². The lowest BCUT2D eigenvalue weighted by atomic mass is 10.1. The minimum Gasteiger partial charge on any atom is -0.497 e. The highest BCUT2D eigenvalue weighted by Crippen LogP contribution is 2.36. The summed E-state index contributed by atoms with van der Waals surface area (Å²) in [5.41, 5.74) is -1.03. The van der Waals surface area contributed by atoms with Gasteiger partial charge in [0.05, 0.1) is 29.6 Å². The SMILES string of the molecule is CCCNC(=O)[C@@H](CC)N(Cc1cccc(OC)c1)C(=O)CN(c1cc(C(F)(F)F)ccc1Cl)S(C)(=O)=O. The van der Waals surface area contributed by atoms with Crippen molar-refractivity contribution in [1.29, 1.82) is 0 Å². The van der Waals surface area contributed by atoms with E-state index in [-0.39, 0.29) is 18.0 Å². The highest BCUT2D eigenvalue weighted by atomic mass is 35.5. The van der Waals surface area contributed by atoms with Crippen molar-refractivity contribution in [3.63, 3.8) is 0 Å². The molecule has 0 aromatic heterocycles. The summed E-state index contributed by atoms with van der Waals surface area (Å²) in [6.45, 7) is 2.97. The molecular formula is C25H31ClF3N3O5S. The fourth-order valence-corrected chi connectivity index (χ4v) is 4.85. The fraction of sp³-hybridized carbons (Fsp3) is 0.440. The summed E-state index contributed by atoms with van der Waals surface area (Å²) < 4.78 is 71.2. The molecule has 0 aliphatic heterocycles. The van der Waals surface area contributed by atoms with Crippen molar-refractivity contribution in [2.45, 2.75) is 45.5 Å². The maximum atomic E-state index is 13.6. The number of carbonyl (C=O) groups excluding carboxylic acids is 2. The first kappa shape index (κ1) is 31.2. The van der Waals surface area contributed by atoms with Gasteiger partial charge < -0.3 is 15.0 Å². The number of nitrogens with zero attached hydrogens (tertiary/aromatic N) is 2. The molecule has 1 atom stereocenters. The van der Waals surface area contributed by atoms with Gasteiger partial charge in [0, 0.05) is 13.1 Å². The zero-order valence-corrected chi connectivity index (χ0v) is 23.1. The quantitative estimate of drug-likeness (QED) is 0.402. The van der Waals surface area contributed by atoms with Crippen molar-refractivity contribution in [1.82, 2.24) is 10.2 Å². The molecule has 0 saturated carbocycles. The van der Waals surface area contributed by atoms with Gasteiger partial charge in [-0.25, -0.2) is 8.42 Å². The maximum absolute atomic E-state index is 13.6. The number of alkyl halides is 3. The molecule has 0 bridgehead atoms. The zero-order chi connectivity index (χ0) is 28.7. The maximum Gasteiger partial charge on any atom is 0.416 e. The summed E-state index contributed by atoms with van der Waals surface area (Å²) in [7, 11) is -2.80. The number of sulfonamides is 1. The van der Waals surface area contributed by atoms with Gasteiger partial charge in [-0.05, 0) is 48.7 Å². The molecule has 2 rings (SSSR count). The van der Waals surface area contributed by atoms with Crippen LogP contribution in [0.4, 0.5) is 18.9 Å². The molecule has 8 nitrogen and oxygen atoms in total. The van der Waals surface area contributed by atoms with E-state index in [0.29, 0.717) is 40.7 Å². The van der Waals surface area contributed by atoms with Crippen LogP contribution in [-0.2, 0) is 32.3 Å². The minimum absolute atomic E-state index is 0.0813. The molecule has 210 valence electrons. The van der Waals surface area contributed by atoms with Crippen molar-refractivity contribution in [3.05, 3.63) is 58.6 Å². The van der Waals surface area contributed by atoms with Gasteiger partial charge in [0.2, 0.25) is 21.8 Å². The number of nitrogens with one attached hydrogen (secondary N) is 1. The molecule has 2 amide bonds. The van der Waals surface area contributed by atoms with Crippen LogP contribution >= 0.6 is 11.6 Å². The number of carbonyl (C=O) groups is 2. The monoisotopic (exact) mass is 577 g/mol. The lowest BCUT2D eigenvalue weighted by Crippen LogP contribution is -2.52. The Bertz CT molecular complexity index is 1240. The fourth-order valence-electron chi connectivity index (χ4n) is 3.73. The lowest BCUT2D eigenvalue weighted by Gasteiger charge is -2.33. The molecule has 0 aliphatic carbocycles. The number of anilines is 1. The number of ether oxygens (including phenoxy) is 1. The summed E-state index contributed by atoms with van der Waals surface area (Å²) in [5.74, 6) is -0.731.